The number of aromatic nitrogens is 2. The summed E-state index contributed by atoms with van der Waals surface area (Å²) in [5, 5.41) is 13.6. The summed E-state index contributed by atoms with van der Waals surface area (Å²) in [4.78, 5) is 8.14. The number of hydrogen-bond acceptors (Lipinski definition) is 5. The van der Waals surface area contributed by atoms with Gasteiger partial charge in [-0.15, -0.1) is 11.8 Å². The molecule has 5 heteroatoms. The fraction of sp³-hybridized carbons (Fsp3) is 0.600. The van der Waals surface area contributed by atoms with Gasteiger partial charge in [-0.05, 0) is 12.2 Å². The number of anilines is 1. The van der Waals surface area contributed by atoms with Crippen molar-refractivity contribution in [2.24, 2.45) is 5.92 Å². The van der Waals surface area contributed by atoms with Gasteiger partial charge in [-0.1, -0.05) is 13.8 Å². The summed E-state index contributed by atoms with van der Waals surface area (Å²) < 4.78 is 0. The molecule has 1 rings (SSSR count). The molecule has 84 valence electrons. The molecule has 15 heavy (non-hydrogen) atoms. The van der Waals surface area contributed by atoms with E-state index in [1.165, 1.54) is 6.33 Å². The summed E-state index contributed by atoms with van der Waals surface area (Å²) in [7, 11) is 0. The summed E-state index contributed by atoms with van der Waals surface area (Å²) in [6, 6.07) is 1.87. The van der Waals surface area contributed by atoms with Crippen LogP contribution in [0.25, 0.3) is 0 Å². The maximum Gasteiger partial charge on any atom is 0.130 e. The largest absolute Gasteiger partial charge is 0.391 e. The summed E-state index contributed by atoms with van der Waals surface area (Å²) in [5.41, 5.74) is 0. The van der Waals surface area contributed by atoms with E-state index in [0.29, 0.717) is 6.54 Å². The molecule has 0 saturated carbocycles. The van der Waals surface area contributed by atoms with Crippen LogP contribution < -0.4 is 5.32 Å². The molecule has 0 bridgehead atoms. The fourth-order valence-corrected chi connectivity index (χ4v) is 1.37. The number of aliphatic hydroxyl groups is 1. The van der Waals surface area contributed by atoms with E-state index in [0.717, 1.165) is 10.8 Å². The van der Waals surface area contributed by atoms with Crippen LogP contribution >= 0.6 is 11.8 Å². The molecule has 1 unspecified atom stereocenters. The van der Waals surface area contributed by atoms with Crippen molar-refractivity contribution in [3.63, 3.8) is 0 Å². The van der Waals surface area contributed by atoms with E-state index in [1.807, 2.05) is 26.2 Å². The molecule has 2 N–H and O–H groups in total. The van der Waals surface area contributed by atoms with Gasteiger partial charge in [-0.3, -0.25) is 0 Å². The lowest BCUT2D eigenvalue weighted by atomic mass is 10.1. The van der Waals surface area contributed by atoms with Gasteiger partial charge in [-0.25, -0.2) is 9.97 Å². The van der Waals surface area contributed by atoms with Gasteiger partial charge in [0.25, 0.3) is 0 Å². The lowest BCUT2D eigenvalue weighted by molar-refractivity contribution is 0.138. The Morgan fingerprint density at radius 1 is 1.47 bits per heavy atom. The van der Waals surface area contributed by atoms with E-state index in [4.69, 9.17) is 0 Å². The first-order valence-electron chi connectivity index (χ1n) is 4.91. The Bertz CT molecular complexity index is 306. The van der Waals surface area contributed by atoms with Gasteiger partial charge in [0.2, 0.25) is 0 Å². The Balaban J connectivity index is 2.50. The maximum absolute atomic E-state index is 9.60. The van der Waals surface area contributed by atoms with E-state index < -0.39 is 0 Å². The van der Waals surface area contributed by atoms with Crippen molar-refractivity contribution >= 4 is 17.6 Å². The molecule has 0 aliphatic carbocycles. The highest BCUT2D eigenvalue weighted by molar-refractivity contribution is 7.98. The molecular weight excluding hydrogens is 210 g/mol. The van der Waals surface area contributed by atoms with Crippen LogP contribution in [0.15, 0.2) is 17.4 Å². The third-order valence-electron chi connectivity index (χ3n) is 2.11. The van der Waals surface area contributed by atoms with Crippen LogP contribution in [-0.4, -0.2) is 34.0 Å². The molecule has 0 aromatic carbocycles. The predicted octanol–water partition coefficient (Wildman–Crippen LogP) is 1.63. The number of aliphatic hydroxyl groups excluding tert-OH is 1. The SMILES string of the molecule is CSc1cc(NCC(O)C(C)C)ncn1. The van der Waals surface area contributed by atoms with Crippen molar-refractivity contribution < 1.29 is 5.11 Å². The number of thioether (sulfide) groups is 1. The zero-order valence-corrected chi connectivity index (χ0v) is 10.1. The Kier molecular flexibility index (Phi) is 4.84. The van der Waals surface area contributed by atoms with Gasteiger partial charge in [0.05, 0.1) is 6.10 Å². The van der Waals surface area contributed by atoms with Crippen LogP contribution in [-0.2, 0) is 0 Å². The van der Waals surface area contributed by atoms with Gasteiger partial charge >= 0.3 is 0 Å². The second-order valence-electron chi connectivity index (χ2n) is 3.64. The Hall–Kier alpha value is -0.810. The van der Waals surface area contributed by atoms with E-state index in [2.05, 4.69) is 15.3 Å². The quantitative estimate of drug-likeness (QED) is 0.591. The zero-order valence-electron chi connectivity index (χ0n) is 9.27. The number of hydrogen-bond donors (Lipinski definition) is 2. The van der Waals surface area contributed by atoms with E-state index in [9.17, 15) is 5.11 Å². The fourth-order valence-electron chi connectivity index (χ4n) is 0.993. The molecule has 1 aromatic heterocycles. The third kappa shape index (κ3) is 4.05. The molecule has 0 saturated heterocycles. The molecule has 1 heterocycles. The first kappa shape index (κ1) is 12.3. The third-order valence-corrected chi connectivity index (χ3v) is 2.75. The highest BCUT2D eigenvalue weighted by atomic mass is 32.2. The smallest absolute Gasteiger partial charge is 0.130 e. The Morgan fingerprint density at radius 3 is 2.80 bits per heavy atom. The second-order valence-corrected chi connectivity index (χ2v) is 4.46. The monoisotopic (exact) mass is 227 g/mol. The van der Waals surface area contributed by atoms with Crippen LogP contribution in [0.2, 0.25) is 0 Å². The molecular formula is C10H17N3OS. The van der Waals surface area contributed by atoms with Crippen molar-refractivity contribution in [1.82, 2.24) is 9.97 Å². The minimum atomic E-state index is -0.349. The highest BCUT2D eigenvalue weighted by Crippen LogP contribution is 2.13. The van der Waals surface area contributed by atoms with Crippen molar-refractivity contribution in [3.8, 4) is 0 Å². The lowest BCUT2D eigenvalue weighted by Crippen LogP contribution is -2.25. The van der Waals surface area contributed by atoms with E-state index in [-0.39, 0.29) is 12.0 Å². The second kappa shape index (κ2) is 5.92. The summed E-state index contributed by atoms with van der Waals surface area (Å²) in [6.45, 7) is 4.49. The molecule has 0 spiro atoms. The Morgan fingerprint density at radius 2 is 2.20 bits per heavy atom. The molecule has 1 aromatic rings. The molecule has 0 aliphatic heterocycles. The van der Waals surface area contributed by atoms with Crippen LogP contribution in [0.1, 0.15) is 13.8 Å². The number of rotatable bonds is 5. The van der Waals surface area contributed by atoms with Crippen LogP contribution in [0.4, 0.5) is 5.82 Å². The van der Waals surface area contributed by atoms with E-state index in [1.54, 1.807) is 11.8 Å². The van der Waals surface area contributed by atoms with E-state index >= 15 is 0 Å². The van der Waals surface area contributed by atoms with Crippen LogP contribution in [0.5, 0.6) is 0 Å². The van der Waals surface area contributed by atoms with Crippen molar-refractivity contribution in [1.29, 1.82) is 0 Å². The average molecular weight is 227 g/mol. The average Bonchev–Trinajstić information content (AvgIpc) is 2.26. The molecule has 0 radical (unpaired) electrons. The van der Waals surface area contributed by atoms with Crippen LogP contribution in [0.3, 0.4) is 0 Å². The molecule has 0 fully saturated rings. The van der Waals surface area contributed by atoms with Gasteiger partial charge in [0.1, 0.15) is 17.2 Å². The molecule has 4 nitrogen and oxygen atoms in total. The minimum Gasteiger partial charge on any atom is -0.391 e. The van der Waals surface area contributed by atoms with Crippen molar-refractivity contribution in [3.05, 3.63) is 12.4 Å². The van der Waals surface area contributed by atoms with Gasteiger partial charge in [0.15, 0.2) is 0 Å². The number of nitrogens with one attached hydrogen (secondary N) is 1. The topological polar surface area (TPSA) is 58.0 Å². The van der Waals surface area contributed by atoms with Gasteiger partial charge in [0, 0.05) is 12.6 Å². The van der Waals surface area contributed by atoms with Gasteiger partial charge in [-0.2, -0.15) is 0 Å². The van der Waals surface area contributed by atoms with Gasteiger partial charge < -0.3 is 10.4 Å². The van der Waals surface area contributed by atoms with Crippen molar-refractivity contribution in [2.45, 2.75) is 25.0 Å². The van der Waals surface area contributed by atoms with Crippen LogP contribution in [0, 0.1) is 5.92 Å². The molecule has 0 aliphatic rings. The number of nitrogens with zero attached hydrogens (tertiary/aromatic N) is 2. The normalized spacial score (nSPS) is 12.9. The molecule has 0 amide bonds. The minimum absolute atomic E-state index is 0.249. The zero-order chi connectivity index (χ0) is 11.3. The lowest BCUT2D eigenvalue weighted by Gasteiger charge is -2.15. The molecule has 1 atom stereocenters. The first-order valence-corrected chi connectivity index (χ1v) is 6.14. The summed E-state index contributed by atoms with van der Waals surface area (Å²) in [5.74, 6) is 1.01. The van der Waals surface area contributed by atoms with Crippen molar-refractivity contribution in [2.75, 3.05) is 18.1 Å². The summed E-state index contributed by atoms with van der Waals surface area (Å²) >= 11 is 1.57. The predicted molar refractivity (Wildman–Crippen MR) is 63.1 cm³/mol. The summed E-state index contributed by atoms with van der Waals surface area (Å²) in [6.07, 6.45) is 3.14. The standard InChI is InChI=1S/C10H17N3OS/c1-7(2)8(14)5-11-9-4-10(15-3)13-6-12-9/h4,6-8,14H,5H2,1-3H3,(H,11,12,13). The first-order chi connectivity index (χ1) is 7.13. The highest BCUT2D eigenvalue weighted by Gasteiger charge is 2.08. The maximum atomic E-state index is 9.60. The Labute approximate surface area is 94.5 Å².